The molecule has 13 heavy (non-hydrogen) atoms. The highest BCUT2D eigenvalue weighted by Gasteiger charge is 2.04. The number of aliphatic hydroxyl groups is 1. The molecule has 0 aliphatic rings. The Morgan fingerprint density at radius 3 is 2.54 bits per heavy atom. The number of hydrogen-bond acceptors (Lipinski definition) is 2. The van der Waals surface area contributed by atoms with Crippen molar-refractivity contribution in [3.05, 3.63) is 33.8 Å². The van der Waals surface area contributed by atoms with Gasteiger partial charge in [0.15, 0.2) is 0 Å². The Bertz CT molecular complexity index is 291. The van der Waals surface area contributed by atoms with E-state index in [9.17, 15) is 5.11 Å². The van der Waals surface area contributed by atoms with Gasteiger partial charge in [0, 0.05) is 6.54 Å². The zero-order valence-electron chi connectivity index (χ0n) is 7.00. The molecule has 0 fully saturated rings. The second-order valence-corrected chi connectivity index (χ2v) is 3.66. The molecular formula is C9H11Cl2NO. The smallest absolute Gasteiger partial charge is 0.0702 e. The van der Waals surface area contributed by atoms with Gasteiger partial charge in [0.1, 0.15) is 0 Å². The number of hydrogen-bond donors (Lipinski definition) is 2. The molecule has 0 aromatic heterocycles. The van der Waals surface area contributed by atoms with E-state index in [-0.39, 0.29) is 6.54 Å². The van der Waals surface area contributed by atoms with Crippen LogP contribution in [0.2, 0.25) is 10.0 Å². The summed E-state index contributed by atoms with van der Waals surface area (Å²) < 4.78 is 0. The highest BCUT2D eigenvalue weighted by atomic mass is 35.5. The maximum atomic E-state index is 9.27. The molecule has 0 radical (unpaired) electrons. The zero-order valence-corrected chi connectivity index (χ0v) is 8.52. The highest BCUT2D eigenvalue weighted by Crippen LogP contribution is 2.22. The van der Waals surface area contributed by atoms with Gasteiger partial charge in [0.25, 0.3) is 0 Å². The minimum absolute atomic E-state index is 0.250. The van der Waals surface area contributed by atoms with Crippen molar-refractivity contribution in [3.63, 3.8) is 0 Å². The van der Waals surface area contributed by atoms with Gasteiger partial charge in [-0.25, -0.2) is 0 Å². The average Bonchev–Trinajstić information content (AvgIpc) is 2.11. The molecule has 2 nitrogen and oxygen atoms in total. The quantitative estimate of drug-likeness (QED) is 0.816. The molecule has 0 aliphatic heterocycles. The number of benzene rings is 1. The van der Waals surface area contributed by atoms with Crippen LogP contribution in [0.1, 0.15) is 5.56 Å². The van der Waals surface area contributed by atoms with Gasteiger partial charge < -0.3 is 10.8 Å². The predicted molar refractivity (Wildman–Crippen MR) is 55.2 cm³/mol. The number of rotatable bonds is 3. The third-order valence-electron chi connectivity index (χ3n) is 1.73. The molecule has 0 bridgehead atoms. The summed E-state index contributed by atoms with van der Waals surface area (Å²) in [5.74, 6) is 0. The van der Waals surface area contributed by atoms with Crippen LogP contribution in [0.3, 0.4) is 0 Å². The molecule has 1 rings (SSSR count). The van der Waals surface area contributed by atoms with Crippen molar-refractivity contribution in [1.82, 2.24) is 0 Å². The second-order valence-electron chi connectivity index (χ2n) is 2.84. The lowest BCUT2D eigenvalue weighted by molar-refractivity contribution is 0.183. The third kappa shape index (κ3) is 3.16. The number of halogens is 2. The van der Waals surface area contributed by atoms with E-state index >= 15 is 0 Å². The Balaban J connectivity index is 2.73. The molecular weight excluding hydrogens is 209 g/mol. The Morgan fingerprint density at radius 2 is 2.00 bits per heavy atom. The van der Waals surface area contributed by atoms with E-state index in [0.29, 0.717) is 16.5 Å². The van der Waals surface area contributed by atoms with Gasteiger partial charge in [-0.2, -0.15) is 0 Å². The minimum Gasteiger partial charge on any atom is -0.391 e. The van der Waals surface area contributed by atoms with Crippen LogP contribution in [-0.2, 0) is 6.42 Å². The first-order chi connectivity index (χ1) is 6.13. The van der Waals surface area contributed by atoms with Crippen LogP contribution in [0.25, 0.3) is 0 Å². The highest BCUT2D eigenvalue weighted by molar-refractivity contribution is 6.42. The van der Waals surface area contributed by atoms with Crippen LogP contribution in [-0.4, -0.2) is 17.8 Å². The van der Waals surface area contributed by atoms with Crippen LogP contribution < -0.4 is 5.73 Å². The first kappa shape index (κ1) is 10.8. The van der Waals surface area contributed by atoms with Crippen molar-refractivity contribution in [1.29, 1.82) is 0 Å². The predicted octanol–water partition coefficient (Wildman–Crippen LogP) is 1.86. The normalized spacial score (nSPS) is 12.9. The van der Waals surface area contributed by atoms with Crippen molar-refractivity contribution in [3.8, 4) is 0 Å². The summed E-state index contributed by atoms with van der Waals surface area (Å²) in [4.78, 5) is 0. The zero-order chi connectivity index (χ0) is 9.84. The lowest BCUT2D eigenvalue weighted by Crippen LogP contribution is -2.21. The summed E-state index contributed by atoms with van der Waals surface area (Å²) in [6, 6.07) is 5.28. The third-order valence-corrected chi connectivity index (χ3v) is 2.47. The summed E-state index contributed by atoms with van der Waals surface area (Å²) in [6.07, 6.45) is -0.00911. The topological polar surface area (TPSA) is 46.2 Å². The molecule has 1 atom stereocenters. The van der Waals surface area contributed by atoms with Gasteiger partial charge in [-0.05, 0) is 24.1 Å². The lowest BCUT2D eigenvalue weighted by atomic mass is 10.1. The van der Waals surface area contributed by atoms with Crippen LogP contribution in [0.5, 0.6) is 0 Å². The molecule has 0 aliphatic carbocycles. The summed E-state index contributed by atoms with van der Waals surface area (Å²) in [6.45, 7) is 0.250. The van der Waals surface area contributed by atoms with Crippen LogP contribution in [0.15, 0.2) is 18.2 Å². The van der Waals surface area contributed by atoms with Gasteiger partial charge in [-0.3, -0.25) is 0 Å². The van der Waals surface area contributed by atoms with Crippen LogP contribution >= 0.6 is 23.2 Å². The molecule has 3 N–H and O–H groups in total. The molecule has 72 valence electrons. The lowest BCUT2D eigenvalue weighted by Gasteiger charge is -2.07. The summed E-state index contributed by atoms with van der Waals surface area (Å²) in [5.41, 5.74) is 6.22. The molecule has 0 saturated carbocycles. The molecule has 0 amide bonds. The molecule has 1 aromatic carbocycles. The summed E-state index contributed by atoms with van der Waals surface area (Å²) in [7, 11) is 0. The van der Waals surface area contributed by atoms with Gasteiger partial charge >= 0.3 is 0 Å². The average molecular weight is 220 g/mol. The van der Waals surface area contributed by atoms with E-state index in [4.69, 9.17) is 28.9 Å². The molecule has 0 heterocycles. The van der Waals surface area contributed by atoms with Crippen molar-refractivity contribution >= 4 is 23.2 Å². The molecule has 0 saturated heterocycles. The first-order valence-corrected chi connectivity index (χ1v) is 4.71. The molecule has 1 aromatic rings. The molecule has 1 unspecified atom stereocenters. The van der Waals surface area contributed by atoms with E-state index in [0.717, 1.165) is 5.56 Å². The van der Waals surface area contributed by atoms with E-state index in [1.54, 1.807) is 12.1 Å². The molecule has 0 spiro atoms. The van der Waals surface area contributed by atoms with Crippen molar-refractivity contribution in [2.45, 2.75) is 12.5 Å². The van der Waals surface area contributed by atoms with Crippen LogP contribution in [0, 0.1) is 0 Å². The van der Waals surface area contributed by atoms with Crippen molar-refractivity contribution < 1.29 is 5.11 Å². The standard InChI is InChI=1S/C9H11Cl2NO/c10-8-2-1-6(4-9(8)11)3-7(13)5-12/h1-2,4,7,13H,3,5,12H2. The first-order valence-electron chi connectivity index (χ1n) is 3.95. The Hall–Kier alpha value is -0.280. The van der Waals surface area contributed by atoms with Crippen molar-refractivity contribution in [2.24, 2.45) is 5.73 Å². The van der Waals surface area contributed by atoms with Gasteiger partial charge in [-0.15, -0.1) is 0 Å². The summed E-state index contributed by atoms with van der Waals surface area (Å²) in [5, 5.41) is 10.3. The summed E-state index contributed by atoms with van der Waals surface area (Å²) >= 11 is 11.5. The van der Waals surface area contributed by atoms with Gasteiger partial charge in [0.2, 0.25) is 0 Å². The van der Waals surface area contributed by atoms with E-state index < -0.39 is 6.10 Å². The Morgan fingerprint density at radius 1 is 1.31 bits per heavy atom. The fraction of sp³-hybridized carbons (Fsp3) is 0.333. The van der Waals surface area contributed by atoms with Crippen LogP contribution in [0.4, 0.5) is 0 Å². The van der Waals surface area contributed by atoms with E-state index in [1.807, 2.05) is 6.07 Å². The van der Waals surface area contributed by atoms with Crippen molar-refractivity contribution in [2.75, 3.05) is 6.54 Å². The number of aliphatic hydroxyl groups excluding tert-OH is 1. The van der Waals surface area contributed by atoms with E-state index in [2.05, 4.69) is 0 Å². The van der Waals surface area contributed by atoms with Gasteiger partial charge in [0.05, 0.1) is 16.1 Å². The van der Waals surface area contributed by atoms with E-state index in [1.165, 1.54) is 0 Å². The second kappa shape index (κ2) is 4.82. The largest absolute Gasteiger partial charge is 0.391 e. The fourth-order valence-electron chi connectivity index (χ4n) is 1.02. The fourth-order valence-corrected chi connectivity index (χ4v) is 1.34. The van der Waals surface area contributed by atoms with Gasteiger partial charge in [-0.1, -0.05) is 29.3 Å². The molecule has 4 heteroatoms. The SMILES string of the molecule is NCC(O)Cc1ccc(Cl)c(Cl)c1. The Kier molecular flexibility index (Phi) is 4.00. The monoisotopic (exact) mass is 219 g/mol. The number of nitrogens with two attached hydrogens (primary N) is 1. The maximum absolute atomic E-state index is 9.27. The maximum Gasteiger partial charge on any atom is 0.0702 e. The Labute approximate surface area is 87.3 Å². The minimum atomic E-state index is -0.516.